The zero-order valence-electron chi connectivity index (χ0n) is 7.76. The maximum atomic E-state index is 11.6. The molecule has 2 heterocycles. The summed E-state index contributed by atoms with van der Waals surface area (Å²) < 4.78 is 0. The fourth-order valence-electron chi connectivity index (χ4n) is 2.12. The summed E-state index contributed by atoms with van der Waals surface area (Å²) >= 11 is 0. The third-order valence-electron chi connectivity index (χ3n) is 2.67. The lowest BCUT2D eigenvalue weighted by Gasteiger charge is -2.35. The number of hydrogen-bond donors (Lipinski definition) is 0. The van der Waals surface area contributed by atoms with E-state index in [4.69, 9.17) is 0 Å². The van der Waals surface area contributed by atoms with Gasteiger partial charge in [0.15, 0.2) is 0 Å². The first-order valence-corrected chi connectivity index (χ1v) is 4.58. The molecule has 2 nitrogen and oxygen atoms in total. The first kappa shape index (κ1) is 7.84. The second-order valence-electron chi connectivity index (χ2n) is 4.55. The van der Waals surface area contributed by atoms with Gasteiger partial charge in [-0.3, -0.25) is 4.79 Å². The number of piperidine rings is 1. The van der Waals surface area contributed by atoms with Gasteiger partial charge < -0.3 is 4.90 Å². The number of hydrogen-bond acceptors (Lipinski definition) is 1. The summed E-state index contributed by atoms with van der Waals surface area (Å²) in [4.78, 5) is 13.5. The van der Waals surface area contributed by atoms with Gasteiger partial charge in [0, 0.05) is 18.7 Å². The third kappa shape index (κ3) is 1.15. The van der Waals surface area contributed by atoms with Crippen LogP contribution in [0.25, 0.3) is 0 Å². The van der Waals surface area contributed by atoms with Gasteiger partial charge in [0.25, 0.3) is 0 Å². The lowest BCUT2D eigenvalue weighted by atomic mass is 9.81. The van der Waals surface area contributed by atoms with Crippen molar-refractivity contribution in [2.24, 2.45) is 5.41 Å². The monoisotopic (exact) mass is 165 g/mol. The minimum Gasteiger partial charge on any atom is -0.316 e. The molecule has 0 spiro atoms. The number of fused-ring (bicyclic) bond motifs is 1. The summed E-state index contributed by atoms with van der Waals surface area (Å²) in [7, 11) is 0. The number of carbonyl (C=O) groups is 1. The normalized spacial score (nSPS) is 27.0. The van der Waals surface area contributed by atoms with Crippen molar-refractivity contribution in [1.82, 2.24) is 4.90 Å². The average molecular weight is 165 g/mol. The van der Waals surface area contributed by atoms with Crippen LogP contribution in [0.15, 0.2) is 11.8 Å². The van der Waals surface area contributed by atoms with E-state index in [0.717, 1.165) is 19.4 Å². The molecule has 1 amide bonds. The molecule has 0 aromatic heterocycles. The Kier molecular flexibility index (Phi) is 1.53. The molecule has 0 aromatic carbocycles. The van der Waals surface area contributed by atoms with Crippen molar-refractivity contribution >= 4 is 5.91 Å². The predicted molar refractivity (Wildman–Crippen MR) is 47.4 cm³/mol. The van der Waals surface area contributed by atoms with Gasteiger partial charge in [-0.05, 0) is 18.3 Å². The fraction of sp³-hybridized carbons (Fsp3) is 0.700. The maximum Gasteiger partial charge on any atom is 0.227 e. The summed E-state index contributed by atoms with van der Waals surface area (Å²) in [6.07, 6.45) is 5.04. The smallest absolute Gasteiger partial charge is 0.227 e. The molecule has 0 N–H and O–H groups in total. The van der Waals surface area contributed by atoms with E-state index < -0.39 is 0 Å². The highest BCUT2D eigenvalue weighted by Crippen LogP contribution is 2.38. The van der Waals surface area contributed by atoms with Crippen LogP contribution < -0.4 is 0 Å². The second-order valence-corrected chi connectivity index (χ2v) is 4.55. The highest BCUT2D eigenvalue weighted by molar-refractivity contribution is 5.80. The Morgan fingerprint density at radius 1 is 1.42 bits per heavy atom. The molecule has 2 heteroatoms. The standard InChI is InChI=1S/C10H15NO/c1-10(2)6-8-4-3-5-11(8)9(12)7-10/h4H,3,5-7H2,1-2H3. The molecule has 0 aromatic rings. The first-order chi connectivity index (χ1) is 5.58. The van der Waals surface area contributed by atoms with Crippen molar-refractivity contribution in [2.45, 2.75) is 33.1 Å². The van der Waals surface area contributed by atoms with Crippen molar-refractivity contribution < 1.29 is 4.79 Å². The fourth-order valence-corrected chi connectivity index (χ4v) is 2.12. The first-order valence-electron chi connectivity index (χ1n) is 4.58. The van der Waals surface area contributed by atoms with Gasteiger partial charge in [0.1, 0.15) is 0 Å². The molecule has 0 aliphatic carbocycles. The van der Waals surface area contributed by atoms with Gasteiger partial charge >= 0.3 is 0 Å². The molecule has 0 unspecified atom stereocenters. The number of carbonyl (C=O) groups excluding carboxylic acids is 1. The molecular weight excluding hydrogens is 150 g/mol. The lowest BCUT2D eigenvalue weighted by molar-refractivity contribution is -0.133. The van der Waals surface area contributed by atoms with E-state index in [-0.39, 0.29) is 5.41 Å². The molecular formula is C10H15NO. The van der Waals surface area contributed by atoms with Crippen molar-refractivity contribution in [1.29, 1.82) is 0 Å². The highest BCUT2D eigenvalue weighted by atomic mass is 16.2. The van der Waals surface area contributed by atoms with Crippen LogP contribution in [-0.2, 0) is 4.79 Å². The molecule has 1 saturated heterocycles. The van der Waals surface area contributed by atoms with Crippen LogP contribution in [0.2, 0.25) is 0 Å². The Morgan fingerprint density at radius 2 is 2.17 bits per heavy atom. The predicted octanol–water partition coefficient (Wildman–Crippen LogP) is 1.92. The Hall–Kier alpha value is -0.790. The van der Waals surface area contributed by atoms with Crippen molar-refractivity contribution in [2.75, 3.05) is 6.54 Å². The van der Waals surface area contributed by atoms with Gasteiger partial charge in [-0.15, -0.1) is 0 Å². The van der Waals surface area contributed by atoms with Crippen LogP contribution in [0.4, 0.5) is 0 Å². The lowest BCUT2D eigenvalue weighted by Crippen LogP contribution is -2.38. The molecule has 2 rings (SSSR count). The van der Waals surface area contributed by atoms with E-state index in [1.165, 1.54) is 5.70 Å². The van der Waals surface area contributed by atoms with Gasteiger partial charge in [-0.1, -0.05) is 19.9 Å². The summed E-state index contributed by atoms with van der Waals surface area (Å²) in [5, 5.41) is 0. The van der Waals surface area contributed by atoms with Crippen LogP contribution in [-0.4, -0.2) is 17.4 Å². The third-order valence-corrected chi connectivity index (χ3v) is 2.67. The van der Waals surface area contributed by atoms with Gasteiger partial charge in [-0.2, -0.15) is 0 Å². The quantitative estimate of drug-likeness (QED) is 0.537. The summed E-state index contributed by atoms with van der Waals surface area (Å²) in [5.41, 5.74) is 1.44. The van der Waals surface area contributed by atoms with Crippen molar-refractivity contribution in [3.63, 3.8) is 0 Å². The molecule has 0 saturated carbocycles. The summed E-state index contributed by atoms with van der Waals surface area (Å²) in [6.45, 7) is 5.26. The number of allylic oxidation sites excluding steroid dienone is 1. The van der Waals surface area contributed by atoms with E-state index in [1.807, 2.05) is 4.90 Å². The zero-order chi connectivity index (χ0) is 8.77. The van der Waals surface area contributed by atoms with Gasteiger partial charge in [0.05, 0.1) is 0 Å². The molecule has 2 aliphatic heterocycles. The highest BCUT2D eigenvalue weighted by Gasteiger charge is 2.35. The Balaban J connectivity index is 2.25. The molecule has 0 bridgehead atoms. The largest absolute Gasteiger partial charge is 0.316 e. The van der Waals surface area contributed by atoms with E-state index in [0.29, 0.717) is 12.3 Å². The number of amides is 1. The van der Waals surface area contributed by atoms with Crippen LogP contribution in [0.3, 0.4) is 0 Å². The minimum atomic E-state index is 0.184. The van der Waals surface area contributed by atoms with E-state index in [9.17, 15) is 4.79 Å². The second kappa shape index (κ2) is 2.35. The van der Waals surface area contributed by atoms with Gasteiger partial charge in [0.2, 0.25) is 5.91 Å². The van der Waals surface area contributed by atoms with Crippen LogP contribution in [0.1, 0.15) is 33.1 Å². The number of nitrogens with zero attached hydrogens (tertiary/aromatic N) is 1. The maximum absolute atomic E-state index is 11.6. The molecule has 0 atom stereocenters. The van der Waals surface area contributed by atoms with Crippen molar-refractivity contribution in [3.05, 3.63) is 11.8 Å². The Morgan fingerprint density at radius 3 is 2.92 bits per heavy atom. The Bertz CT molecular complexity index is 253. The van der Waals surface area contributed by atoms with E-state index >= 15 is 0 Å². The van der Waals surface area contributed by atoms with Crippen LogP contribution in [0.5, 0.6) is 0 Å². The molecule has 2 aliphatic rings. The van der Waals surface area contributed by atoms with Crippen molar-refractivity contribution in [3.8, 4) is 0 Å². The molecule has 1 fully saturated rings. The average Bonchev–Trinajstić information content (AvgIpc) is 2.31. The zero-order valence-corrected chi connectivity index (χ0v) is 7.76. The molecule has 66 valence electrons. The van der Waals surface area contributed by atoms with E-state index in [1.54, 1.807) is 0 Å². The Labute approximate surface area is 73.2 Å². The summed E-state index contributed by atoms with van der Waals surface area (Å²) in [6, 6.07) is 0. The molecule has 0 radical (unpaired) electrons. The number of rotatable bonds is 0. The summed E-state index contributed by atoms with van der Waals surface area (Å²) in [5.74, 6) is 0.315. The van der Waals surface area contributed by atoms with Crippen LogP contribution >= 0.6 is 0 Å². The van der Waals surface area contributed by atoms with Gasteiger partial charge in [-0.25, -0.2) is 0 Å². The SMILES string of the molecule is CC1(C)CC(=O)N2CCC=C2C1. The minimum absolute atomic E-state index is 0.184. The molecule has 12 heavy (non-hydrogen) atoms. The van der Waals surface area contributed by atoms with Crippen LogP contribution in [0, 0.1) is 5.41 Å². The topological polar surface area (TPSA) is 20.3 Å². The van der Waals surface area contributed by atoms with E-state index in [2.05, 4.69) is 19.9 Å².